The van der Waals surface area contributed by atoms with Crippen molar-refractivity contribution >= 4 is 22.6 Å². The smallest absolute Gasteiger partial charge is 0.320 e. The standard InChI is InChI=1S/C8H8N4O2S/c9-8(13)12(7-4-10-11-15-7)5-6-2-1-3-14-6/h1-4H,5H2,(H2,9,13). The van der Waals surface area contributed by atoms with Gasteiger partial charge in [0.15, 0.2) is 0 Å². The lowest BCUT2D eigenvalue weighted by Crippen LogP contribution is -2.34. The van der Waals surface area contributed by atoms with Crippen molar-refractivity contribution in [3.63, 3.8) is 0 Å². The van der Waals surface area contributed by atoms with Crippen LogP contribution in [0.2, 0.25) is 0 Å². The fourth-order valence-corrected chi connectivity index (χ4v) is 1.63. The molecule has 2 aromatic heterocycles. The molecule has 2 rings (SSSR count). The minimum atomic E-state index is -0.558. The average Bonchev–Trinajstić information content (AvgIpc) is 2.87. The van der Waals surface area contributed by atoms with E-state index in [1.54, 1.807) is 18.4 Å². The molecule has 15 heavy (non-hydrogen) atoms. The van der Waals surface area contributed by atoms with Crippen molar-refractivity contribution in [1.29, 1.82) is 0 Å². The molecule has 0 unspecified atom stereocenters. The van der Waals surface area contributed by atoms with Crippen LogP contribution in [0.5, 0.6) is 0 Å². The lowest BCUT2D eigenvalue weighted by molar-refractivity contribution is 0.253. The van der Waals surface area contributed by atoms with E-state index >= 15 is 0 Å². The molecular formula is C8H8N4O2S. The monoisotopic (exact) mass is 224 g/mol. The Morgan fingerprint density at radius 1 is 1.67 bits per heavy atom. The van der Waals surface area contributed by atoms with E-state index in [4.69, 9.17) is 10.2 Å². The topological polar surface area (TPSA) is 85.3 Å². The SMILES string of the molecule is NC(=O)N(Cc1ccco1)c1cnns1. The molecule has 0 radical (unpaired) electrons. The van der Waals surface area contributed by atoms with E-state index in [1.807, 2.05) is 0 Å². The molecule has 78 valence electrons. The first-order valence-electron chi connectivity index (χ1n) is 4.14. The molecule has 0 spiro atoms. The van der Waals surface area contributed by atoms with Gasteiger partial charge in [-0.05, 0) is 12.1 Å². The van der Waals surface area contributed by atoms with Crippen molar-refractivity contribution < 1.29 is 9.21 Å². The number of carbonyl (C=O) groups excluding carboxylic acids is 1. The summed E-state index contributed by atoms with van der Waals surface area (Å²) in [6, 6.07) is 2.96. The number of aromatic nitrogens is 2. The highest BCUT2D eigenvalue weighted by molar-refractivity contribution is 7.10. The van der Waals surface area contributed by atoms with Gasteiger partial charge in [0.1, 0.15) is 10.8 Å². The molecule has 2 amide bonds. The first kappa shape index (κ1) is 9.66. The summed E-state index contributed by atoms with van der Waals surface area (Å²) >= 11 is 1.10. The summed E-state index contributed by atoms with van der Waals surface area (Å²) in [4.78, 5) is 12.5. The van der Waals surface area contributed by atoms with Crippen molar-refractivity contribution in [2.45, 2.75) is 6.54 Å². The maximum Gasteiger partial charge on any atom is 0.320 e. The number of amides is 2. The van der Waals surface area contributed by atoms with Crippen LogP contribution in [-0.2, 0) is 6.54 Å². The molecule has 0 aromatic carbocycles. The first-order chi connectivity index (χ1) is 7.27. The van der Waals surface area contributed by atoms with E-state index in [0.29, 0.717) is 10.8 Å². The van der Waals surface area contributed by atoms with Crippen molar-refractivity contribution in [2.75, 3.05) is 4.90 Å². The summed E-state index contributed by atoms with van der Waals surface area (Å²) in [5, 5.41) is 4.24. The summed E-state index contributed by atoms with van der Waals surface area (Å²) in [6.45, 7) is 0.284. The lowest BCUT2D eigenvalue weighted by Gasteiger charge is -2.15. The van der Waals surface area contributed by atoms with Gasteiger partial charge in [-0.1, -0.05) is 4.49 Å². The number of nitrogens with two attached hydrogens (primary N) is 1. The molecular weight excluding hydrogens is 216 g/mol. The number of carbonyl (C=O) groups is 1. The van der Waals surface area contributed by atoms with E-state index in [-0.39, 0.29) is 6.54 Å². The van der Waals surface area contributed by atoms with Gasteiger partial charge in [-0.2, -0.15) is 0 Å². The zero-order chi connectivity index (χ0) is 10.7. The molecule has 0 atom stereocenters. The molecule has 7 heteroatoms. The van der Waals surface area contributed by atoms with Gasteiger partial charge in [0.25, 0.3) is 0 Å². The van der Waals surface area contributed by atoms with Crippen LogP contribution in [-0.4, -0.2) is 15.6 Å². The quantitative estimate of drug-likeness (QED) is 0.849. The Bertz CT molecular complexity index is 425. The summed E-state index contributed by atoms with van der Waals surface area (Å²) in [6.07, 6.45) is 3.03. The van der Waals surface area contributed by atoms with Gasteiger partial charge in [0, 0.05) is 11.5 Å². The Balaban J connectivity index is 2.18. The molecule has 0 fully saturated rings. The maximum atomic E-state index is 11.2. The second-order valence-corrected chi connectivity index (χ2v) is 3.52. The third kappa shape index (κ3) is 2.13. The lowest BCUT2D eigenvalue weighted by atomic mass is 10.4. The number of hydrogen-bond donors (Lipinski definition) is 1. The Hall–Kier alpha value is -1.89. The summed E-state index contributed by atoms with van der Waals surface area (Å²) in [5.41, 5.74) is 5.24. The van der Waals surface area contributed by atoms with Gasteiger partial charge in [-0.25, -0.2) is 4.79 Å². The van der Waals surface area contributed by atoms with Gasteiger partial charge < -0.3 is 10.2 Å². The van der Waals surface area contributed by atoms with Crippen LogP contribution >= 0.6 is 11.5 Å². The van der Waals surface area contributed by atoms with Crippen LogP contribution in [0, 0.1) is 0 Å². The van der Waals surface area contributed by atoms with Gasteiger partial charge >= 0.3 is 6.03 Å². The van der Waals surface area contributed by atoms with Gasteiger partial charge in [-0.3, -0.25) is 4.90 Å². The molecule has 2 aromatic rings. The molecule has 6 nitrogen and oxygen atoms in total. The van der Waals surface area contributed by atoms with Crippen molar-refractivity contribution in [3.05, 3.63) is 30.4 Å². The number of primary amides is 1. The van der Waals surface area contributed by atoms with Crippen molar-refractivity contribution in [1.82, 2.24) is 9.59 Å². The fraction of sp³-hybridized carbons (Fsp3) is 0.125. The zero-order valence-electron chi connectivity index (χ0n) is 7.66. The Kier molecular flexibility index (Phi) is 2.64. The number of hydrogen-bond acceptors (Lipinski definition) is 5. The van der Waals surface area contributed by atoms with E-state index in [2.05, 4.69) is 9.59 Å². The van der Waals surface area contributed by atoms with Gasteiger partial charge in [0.2, 0.25) is 0 Å². The maximum absolute atomic E-state index is 11.2. The Labute approximate surface area is 89.5 Å². The number of furan rings is 1. The zero-order valence-corrected chi connectivity index (χ0v) is 8.48. The minimum Gasteiger partial charge on any atom is -0.467 e. The number of urea groups is 1. The Morgan fingerprint density at radius 2 is 2.53 bits per heavy atom. The second-order valence-electron chi connectivity index (χ2n) is 2.76. The van der Waals surface area contributed by atoms with Crippen LogP contribution in [0.15, 0.2) is 29.0 Å². The van der Waals surface area contributed by atoms with Crippen molar-refractivity contribution in [2.24, 2.45) is 5.73 Å². The second kappa shape index (κ2) is 4.09. The molecule has 0 aliphatic rings. The van der Waals surface area contributed by atoms with Crippen molar-refractivity contribution in [3.8, 4) is 0 Å². The number of rotatable bonds is 3. The summed E-state index contributed by atoms with van der Waals surface area (Å²) < 4.78 is 8.79. The molecule has 0 bridgehead atoms. The minimum absolute atomic E-state index is 0.284. The molecule has 0 saturated carbocycles. The van der Waals surface area contributed by atoms with E-state index in [0.717, 1.165) is 11.5 Å². The van der Waals surface area contributed by atoms with Crippen LogP contribution in [0.3, 0.4) is 0 Å². The molecule has 0 aliphatic heterocycles. The number of anilines is 1. The van der Waals surface area contributed by atoms with Crippen LogP contribution in [0.1, 0.15) is 5.76 Å². The first-order valence-corrected chi connectivity index (χ1v) is 4.91. The fourth-order valence-electron chi connectivity index (χ4n) is 1.10. The summed E-state index contributed by atoms with van der Waals surface area (Å²) in [7, 11) is 0. The van der Waals surface area contributed by atoms with E-state index in [9.17, 15) is 4.79 Å². The predicted octanol–water partition coefficient (Wildman–Crippen LogP) is 1.22. The molecule has 0 aliphatic carbocycles. The average molecular weight is 224 g/mol. The van der Waals surface area contributed by atoms with E-state index < -0.39 is 6.03 Å². The van der Waals surface area contributed by atoms with Crippen LogP contribution < -0.4 is 10.6 Å². The highest BCUT2D eigenvalue weighted by Crippen LogP contribution is 2.19. The molecule has 2 N–H and O–H groups in total. The van der Waals surface area contributed by atoms with Gasteiger partial charge in [-0.15, -0.1) is 5.10 Å². The van der Waals surface area contributed by atoms with Gasteiger partial charge in [0.05, 0.1) is 19.0 Å². The normalized spacial score (nSPS) is 10.1. The molecule has 0 saturated heterocycles. The predicted molar refractivity (Wildman–Crippen MR) is 54.4 cm³/mol. The Morgan fingerprint density at radius 3 is 3.07 bits per heavy atom. The molecule has 2 heterocycles. The van der Waals surface area contributed by atoms with Crippen LogP contribution in [0.25, 0.3) is 0 Å². The summed E-state index contributed by atoms with van der Waals surface area (Å²) in [5.74, 6) is 0.655. The van der Waals surface area contributed by atoms with Crippen LogP contribution in [0.4, 0.5) is 9.80 Å². The highest BCUT2D eigenvalue weighted by Gasteiger charge is 2.16. The third-order valence-corrected chi connectivity index (χ3v) is 2.46. The number of nitrogens with zero attached hydrogens (tertiary/aromatic N) is 3. The van der Waals surface area contributed by atoms with E-state index in [1.165, 1.54) is 11.1 Å². The third-order valence-electron chi connectivity index (χ3n) is 1.78. The largest absolute Gasteiger partial charge is 0.467 e. The highest BCUT2D eigenvalue weighted by atomic mass is 32.1.